The Hall–Kier alpha value is -2.95. The Labute approximate surface area is 133 Å². The number of hydrogen-bond acceptors (Lipinski definition) is 2. The van der Waals surface area contributed by atoms with Crippen molar-refractivity contribution in [2.75, 3.05) is 5.32 Å². The first kappa shape index (κ1) is 16.4. The topological polar surface area (TPSA) is 72.2 Å². The summed E-state index contributed by atoms with van der Waals surface area (Å²) in [4.78, 5) is 23.3. The first-order chi connectivity index (χ1) is 11.0. The van der Waals surface area contributed by atoms with Crippen LogP contribution in [-0.2, 0) is 4.79 Å². The standard InChI is InChI=1S/C18H17FN2O2/c1-2-12(13-6-4-3-5-7-13)10-17(22)21-14-8-9-16(19)15(11-14)18(20)23/h2-9,11-12H,1,10H2,(H2,20,23)(H,21,22)/t12-/m0/s1. The maximum Gasteiger partial charge on any atom is 0.251 e. The van der Waals surface area contributed by atoms with Gasteiger partial charge in [0.25, 0.3) is 5.91 Å². The average molecular weight is 312 g/mol. The normalized spacial score (nSPS) is 11.5. The zero-order chi connectivity index (χ0) is 16.8. The Morgan fingerprint density at radius 3 is 2.52 bits per heavy atom. The number of allylic oxidation sites excluding steroid dienone is 1. The number of nitrogens with two attached hydrogens (primary N) is 1. The molecular weight excluding hydrogens is 295 g/mol. The van der Waals surface area contributed by atoms with Gasteiger partial charge in [-0.2, -0.15) is 0 Å². The van der Waals surface area contributed by atoms with E-state index >= 15 is 0 Å². The van der Waals surface area contributed by atoms with Crippen molar-refractivity contribution in [2.45, 2.75) is 12.3 Å². The summed E-state index contributed by atoms with van der Waals surface area (Å²) >= 11 is 0. The summed E-state index contributed by atoms with van der Waals surface area (Å²) in [7, 11) is 0. The maximum absolute atomic E-state index is 13.4. The molecule has 2 amide bonds. The number of rotatable bonds is 6. The largest absolute Gasteiger partial charge is 0.366 e. The second-order valence-corrected chi connectivity index (χ2v) is 5.06. The molecule has 0 spiro atoms. The minimum atomic E-state index is -0.883. The van der Waals surface area contributed by atoms with Crippen molar-refractivity contribution in [3.05, 3.63) is 78.1 Å². The van der Waals surface area contributed by atoms with Gasteiger partial charge in [-0.25, -0.2) is 4.39 Å². The highest BCUT2D eigenvalue weighted by Crippen LogP contribution is 2.22. The van der Waals surface area contributed by atoms with Gasteiger partial charge >= 0.3 is 0 Å². The smallest absolute Gasteiger partial charge is 0.251 e. The van der Waals surface area contributed by atoms with Crippen LogP contribution in [0.5, 0.6) is 0 Å². The quantitative estimate of drug-likeness (QED) is 0.804. The molecule has 2 rings (SSSR count). The molecule has 0 heterocycles. The number of benzene rings is 2. The number of carbonyl (C=O) groups is 2. The average Bonchev–Trinajstić information content (AvgIpc) is 2.55. The molecule has 118 valence electrons. The molecule has 5 heteroatoms. The van der Waals surface area contributed by atoms with Gasteiger partial charge in [0.2, 0.25) is 5.91 Å². The van der Waals surface area contributed by atoms with Gasteiger partial charge in [-0.3, -0.25) is 9.59 Å². The Morgan fingerprint density at radius 2 is 1.91 bits per heavy atom. The number of carbonyl (C=O) groups excluding carboxylic acids is 2. The molecule has 0 radical (unpaired) electrons. The van der Waals surface area contributed by atoms with E-state index in [1.54, 1.807) is 6.08 Å². The van der Waals surface area contributed by atoms with Gasteiger partial charge in [-0.05, 0) is 23.8 Å². The summed E-state index contributed by atoms with van der Waals surface area (Å²) in [5.41, 5.74) is 6.13. The van der Waals surface area contributed by atoms with Crippen LogP contribution in [0, 0.1) is 5.82 Å². The van der Waals surface area contributed by atoms with E-state index in [1.165, 1.54) is 12.1 Å². The van der Waals surface area contributed by atoms with E-state index in [0.29, 0.717) is 5.69 Å². The summed E-state index contributed by atoms with van der Waals surface area (Å²) in [6.07, 6.45) is 1.89. The van der Waals surface area contributed by atoms with E-state index in [4.69, 9.17) is 5.73 Å². The van der Waals surface area contributed by atoms with Crippen LogP contribution in [0.25, 0.3) is 0 Å². The summed E-state index contributed by atoms with van der Waals surface area (Å²) in [6, 6.07) is 13.2. The van der Waals surface area contributed by atoms with E-state index in [2.05, 4.69) is 11.9 Å². The van der Waals surface area contributed by atoms with Crippen molar-refractivity contribution in [3.8, 4) is 0 Å². The van der Waals surface area contributed by atoms with Gasteiger partial charge in [-0.1, -0.05) is 36.4 Å². The predicted octanol–water partition coefficient (Wildman–Crippen LogP) is 3.22. The summed E-state index contributed by atoms with van der Waals surface area (Å²) < 4.78 is 13.4. The number of primary amides is 1. The van der Waals surface area contributed by atoms with Crippen LogP contribution in [0.2, 0.25) is 0 Å². The molecule has 3 N–H and O–H groups in total. The molecule has 0 aliphatic carbocycles. The Kier molecular flexibility index (Phi) is 5.25. The van der Waals surface area contributed by atoms with E-state index in [0.717, 1.165) is 11.6 Å². The van der Waals surface area contributed by atoms with E-state index < -0.39 is 11.7 Å². The number of amides is 2. The van der Waals surface area contributed by atoms with Gasteiger partial charge in [0.15, 0.2) is 0 Å². The molecule has 0 saturated heterocycles. The van der Waals surface area contributed by atoms with Gasteiger partial charge < -0.3 is 11.1 Å². The molecule has 0 unspecified atom stereocenters. The van der Waals surface area contributed by atoms with Crippen LogP contribution in [-0.4, -0.2) is 11.8 Å². The summed E-state index contributed by atoms with van der Waals surface area (Å²) in [6.45, 7) is 3.76. The van der Waals surface area contributed by atoms with Crippen molar-refractivity contribution in [3.63, 3.8) is 0 Å². The Bertz CT molecular complexity index is 729. The highest BCUT2D eigenvalue weighted by Gasteiger charge is 2.14. The van der Waals surface area contributed by atoms with Crippen molar-refractivity contribution >= 4 is 17.5 Å². The van der Waals surface area contributed by atoms with Crippen molar-refractivity contribution in [2.24, 2.45) is 5.73 Å². The van der Waals surface area contributed by atoms with Crippen molar-refractivity contribution < 1.29 is 14.0 Å². The van der Waals surface area contributed by atoms with Crippen LogP contribution < -0.4 is 11.1 Å². The molecular formula is C18H17FN2O2. The van der Waals surface area contributed by atoms with Crippen LogP contribution >= 0.6 is 0 Å². The molecule has 2 aromatic carbocycles. The first-order valence-electron chi connectivity index (χ1n) is 7.08. The maximum atomic E-state index is 13.4. The number of hydrogen-bond donors (Lipinski definition) is 2. The minimum Gasteiger partial charge on any atom is -0.366 e. The predicted molar refractivity (Wildman–Crippen MR) is 87.5 cm³/mol. The summed E-state index contributed by atoms with van der Waals surface area (Å²) in [5.74, 6) is -2.00. The number of anilines is 1. The van der Waals surface area contributed by atoms with Crippen molar-refractivity contribution in [1.29, 1.82) is 0 Å². The molecule has 1 atom stereocenters. The molecule has 0 aliphatic heterocycles. The molecule has 0 saturated carbocycles. The lowest BCUT2D eigenvalue weighted by Crippen LogP contribution is -2.17. The molecule has 0 aliphatic rings. The highest BCUT2D eigenvalue weighted by atomic mass is 19.1. The van der Waals surface area contributed by atoms with Gasteiger partial charge in [-0.15, -0.1) is 6.58 Å². The van der Waals surface area contributed by atoms with Crippen LogP contribution in [0.15, 0.2) is 61.2 Å². The third kappa shape index (κ3) is 4.26. The number of nitrogens with one attached hydrogen (secondary N) is 1. The third-order valence-corrected chi connectivity index (χ3v) is 3.43. The fourth-order valence-corrected chi connectivity index (χ4v) is 2.24. The Morgan fingerprint density at radius 1 is 1.22 bits per heavy atom. The zero-order valence-electron chi connectivity index (χ0n) is 12.5. The molecule has 2 aromatic rings. The monoisotopic (exact) mass is 312 g/mol. The fraction of sp³-hybridized carbons (Fsp3) is 0.111. The van der Waals surface area contributed by atoms with Crippen LogP contribution in [0.3, 0.4) is 0 Å². The van der Waals surface area contributed by atoms with E-state index in [1.807, 2.05) is 30.3 Å². The molecule has 0 aromatic heterocycles. The lowest BCUT2D eigenvalue weighted by Gasteiger charge is -2.13. The van der Waals surface area contributed by atoms with E-state index in [-0.39, 0.29) is 23.8 Å². The van der Waals surface area contributed by atoms with Gasteiger partial charge in [0.05, 0.1) is 5.56 Å². The third-order valence-electron chi connectivity index (χ3n) is 3.43. The summed E-state index contributed by atoms with van der Waals surface area (Å²) in [5, 5.41) is 2.64. The molecule has 0 fully saturated rings. The number of halogens is 1. The van der Waals surface area contributed by atoms with Gasteiger partial charge in [0.1, 0.15) is 5.82 Å². The zero-order valence-corrected chi connectivity index (χ0v) is 12.5. The Balaban J connectivity index is 2.09. The van der Waals surface area contributed by atoms with Crippen LogP contribution in [0.4, 0.5) is 10.1 Å². The van der Waals surface area contributed by atoms with E-state index in [9.17, 15) is 14.0 Å². The molecule has 0 bridgehead atoms. The van der Waals surface area contributed by atoms with Crippen LogP contribution in [0.1, 0.15) is 28.3 Å². The first-order valence-corrected chi connectivity index (χ1v) is 7.08. The van der Waals surface area contributed by atoms with Crippen molar-refractivity contribution in [1.82, 2.24) is 0 Å². The SMILES string of the molecule is C=C[C@@H](CC(=O)Nc1ccc(F)c(C(N)=O)c1)c1ccccc1. The highest BCUT2D eigenvalue weighted by molar-refractivity contribution is 5.96. The minimum absolute atomic E-state index is 0.132. The second-order valence-electron chi connectivity index (χ2n) is 5.06. The lowest BCUT2D eigenvalue weighted by molar-refractivity contribution is -0.116. The fourth-order valence-electron chi connectivity index (χ4n) is 2.24. The molecule has 4 nitrogen and oxygen atoms in total. The lowest BCUT2D eigenvalue weighted by atomic mass is 9.95. The molecule has 23 heavy (non-hydrogen) atoms. The second kappa shape index (κ2) is 7.35. The van der Waals surface area contributed by atoms with Gasteiger partial charge in [0, 0.05) is 18.0 Å².